The quantitative estimate of drug-likeness (QED) is 0.796. The molecule has 0 aliphatic carbocycles. The van der Waals surface area contributed by atoms with Crippen LogP contribution in [-0.2, 0) is 6.42 Å². The third-order valence-electron chi connectivity index (χ3n) is 2.67. The number of hydrogen-bond donors (Lipinski definition) is 1. The highest BCUT2D eigenvalue weighted by atomic mass is 14.6. The van der Waals surface area contributed by atoms with E-state index in [1.807, 2.05) is 55.5 Å². The summed E-state index contributed by atoms with van der Waals surface area (Å²) < 4.78 is 0. The molecule has 0 spiro atoms. The molecule has 0 bridgehead atoms. The lowest BCUT2D eigenvalue weighted by Gasteiger charge is -2.07. The molecule has 0 heterocycles. The van der Waals surface area contributed by atoms with Gasteiger partial charge in [0.1, 0.15) is 0 Å². The van der Waals surface area contributed by atoms with Crippen molar-refractivity contribution in [3.05, 3.63) is 71.3 Å². The Morgan fingerprint density at radius 3 is 2.33 bits per heavy atom. The van der Waals surface area contributed by atoms with Crippen LogP contribution in [0.5, 0.6) is 0 Å². The van der Waals surface area contributed by atoms with Crippen LogP contribution in [-0.4, -0.2) is 6.04 Å². The molecule has 1 heteroatoms. The summed E-state index contributed by atoms with van der Waals surface area (Å²) in [6.07, 6.45) is 0.861. The van der Waals surface area contributed by atoms with Crippen molar-refractivity contribution in [1.82, 2.24) is 0 Å². The van der Waals surface area contributed by atoms with E-state index < -0.39 is 0 Å². The highest BCUT2D eigenvalue weighted by molar-refractivity contribution is 5.46. The first-order valence-corrected chi connectivity index (χ1v) is 6.16. The average molecular weight is 235 g/mol. The maximum absolute atomic E-state index is 5.85. The third kappa shape index (κ3) is 3.48. The highest BCUT2D eigenvalue weighted by Gasteiger charge is 2.01. The van der Waals surface area contributed by atoms with E-state index in [0.29, 0.717) is 0 Å². The molecule has 2 aromatic carbocycles. The summed E-state index contributed by atoms with van der Waals surface area (Å²) in [4.78, 5) is 0. The second-order valence-electron chi connectivity index (χ2n) is 4.45. The molecular weight excluding hydrogens is 218 g/mol. The molecule has 0 amide bonds. The smallest absolute Gasteiger partial charge is 0.0281 e. The molecule has 1 unspecified atom stereocenters. The predicted molar refractivity (Wildman–Crippen MR) is 76.2 cm³/mol. The summed E-state index contributed by atoms with van der Waals surface area (Å²) in [6, 6.07) is 18.4. The molecule has 0 fully saturated rings. The fraction of sp³-hybridized carbons (Fsp3) is 0.176. The van der Waals surface area contributed by atoms with E-state index in [-0.39, 0.29) is 6.04 Å². The second kappa shape index (κ2) is 6.05. The molecule has 0 saturated carbocycles. The van der Waals surface area contributed by atoms with E-state index >= 15 is 0 Å². The Morgan fingerprint density at radius 2 is 1.61 bits per heavy atom. The molecule has 18 heavy (non-hydrogen) atoms. The van der Waals surface area contributed by atoms with Gasteiger partial charge in [-0.15, -0.1) is 0 Å². The van der Waals surface area contributed by atoms with Gasteiger partial charge in [0.25, 0.3) is 0 Å². The van der Waals surface area contributed by atoms with Crippen molar-refractivity contribution in [2.24, 2.45) is 5.73 Å². The summed E-state index contributed by atoms with van der Waals surface area (Å²) >= 11 is 0. The van der Waals surface area contributed by atoms with Gasteiger partial charge in [-0.3, -0.25) is 0 Å². The van der Waals surface area contributed by atoms with Crippen LogP contribution in [0.15, 0.2) is 54.6 Å². The molecule has 90 valence electrons. The minimum atomic E-state index is 0.157. The first-order chi connectivity index (χ1) is 8.75. The number of hydrogen-bond acceptors (Lipinski definition) is 1. The summed E-state index contributed by atoms with van der Waals surface area (Å²) in [6.45, 7) is 2.02. The van der Waals surface area contributed by atoms with Gasteiger partial charge in [-0.1, -0.05) is 48.2 Å². The van der Waals surface area contributed by atoms with Crippen LogP contribution < -0.4 is 5.73 Å². The van der Waals surface area contributed by atoms with E-state index in [9.17, 15) is 0 Å². The Bertz CT molecular complexity index is 559. The van der Waals surface area contributed by atoms with E-state index in [2.05, 4.69) is 17.9 Å². The Kier molecular flexibility index (Phi) is 4.17. The maximum atomic E-state index is 5.85. The zero-order chi connectivity index (χ0) is 12.8. The van der Waals surface area contributed by atoms with Crippen molar-refractivity contribution < 1.29 is 0 Å². The molecule has 2 rings (SSSR count). The van der Waals surface area contributed by atoms with Crippen LogP contribution in [0, 0.1) is 11.8 Å². The van der Waals surface area contributed by atoms with Gasteiger partial charge >= 0.3 is 0 Å². The number of nitrogens with two attached hydrogens (primary N) is 1. The topological polar surface area (TPSA) is 26.0 Å². The SMILES string of the molecule is CC(N)Cc1ccccc1C#Cc1ccccc1. The van der Waals surface area contributed by atoms with E-state index in [1.54, 1.807) is 0 Å². The van der Waals surface area contributed by atoms with Crippen molar-refractivity contribution in [3.8, 4) is 11.8 Å². The Hall–Kier alpha value is -2.04. The fourth-order valence-corrected chi connectivity index (χ4v) is 1.83. The number of rotatable bonds is 2. The van der Waals surface area contributed by atoms with Crippen LogP contribution in [0.25, 0.3) is 0 Å². The Balaban J connectivity index is 2.27. The van der Waals surface area contributed by atoms with E-state index in [4.69, 9.17) is 5.73 Å². The molecule has 0 aliphatic rings. The summed E-state index contributed by atoms with van der Waals surface area (Å²) in [5.74, 6) is 6.41. The van der Waals surface area contributed by atoms with Crippen molar-refractivity contribution in [2.75, 3.05) is 0 Å². The molecule has 0 saturated heterocycles. The minimum absolute atomic E-state index is 0.157. The van der Waals surface area contributed by atoms with Gasteiger partial charge < -0.3 is 5.73 Å². The molecule has 2 N–H and O–H groups in total. The van der Waals surface area contributed by atoms with E-state index in [1.165, 1.54) is 5.56 Å². The largest absolute Gasteiger partial charge is 0.328 e. The highest BCUT2D eigenvalue weighted by Crippen LogP contribution is 2.09. The lowest BCUT2D eigenvalue weighted by atomic mass is 10.0. The van der Waals surface area contributed by atoms with Gasteiger partial charge in [-0.05, 0) is 37.1 Å². The lowest BCUT2D eigenvalue weighted by molar-refractivity contribution is 0.737. The van der Waals surface area contributed by atoms with Crippen molar-refractivity contribution in [1.29, 1.82) is 0 Å². The van der Waals surface area contributed by atoms with Crippen LogP contribution in [0.2, 0.25) is 0 Å². The van der Waals surface area contributed by atoms with Gasteiger partial charge in [0.2, 0.25) is 0 Å². The summed E-state index contributed by atoms with van der Waals surface area (Å²) in [5, 5.41) is 0. The van der Waals surface area contributed by atoms with Crippen LogP contribution in [0.3, 0.4) is 0 Å². The molecule has 0 aromatic heterocycles. The predicted octanol–water partition coefficient (Wildman–Crippen LogP) is 2.98. The van der Waals surface area contributed by atoms with E-state index in [0.717, 1.165) is 17.5 Å². The summed E-state index contributed by atoms with van der Waals surface area (Å²) in [5.41, 5.74) is 9.17. The fourth-order valence-electron chi connectivity index (χ4n) is 1.83. The normalized spacial score (nSPS) is 11.4. The molecule has 0 aliphatic heterocycles. The third-order valence-corrected chi connectivity index (χ3v) is 2.67. The zero-order valence-corrected chi connectivity index (χ0v) is 10.6. The van der Waals surface area contributed by atoms with Gasteiger partial charge in [0.05, 0.1) is 0 Å². The molecular formula is C17H17N. The molecule has 2 aromatic rings. The van der Waals surface area contributed by atoms with Crippen LogP contribution >= 0.6 is 0 Å². The molecule has 0 radical (unpaired) electrons. The van der Waals surface area contributed by atoms with Gasteiger partial charge in [-0.2, -0.15) is 0 Å². The summed E-state index contributed by atoms with van der Waals surface area (Å²) in [7, 11) is 0. The van der Waals surface area contributed by atoms with Gasteiger partial charge in [-0.25, -0.2) is 0 Å². The lowest BCUT2D eigenvalue weighted by Crippen LogP contribution is -2.18. The van der Waals surface area contributed by atoms with Gasteiger partial charge in [0, 0.05) is 17.2 Å². The van der Waals surface area contributed by atoms with Crippen LogP contribution in [0.4, 0.5) is 0 Å². The van der Waals surface area contributed by atoms with Crippen molar-refractivity contribution in [2.45, 2.75) is 19.4 Å². The standard InChI is InChI=1S/C17H17N/c1-14(18)13-17-10-6-5-9-16(17)12-11-15-7-3-2-4-8-15/h2-10,14H,13,18H2,1H3. The maximum Gasteiger partial charge on any atom is 0.0281 e. The van der Waals surface area contributed by atoms with Crippen molar-refractivity contribution in [3.63, 3.8) is 0 Å². The second-order valence-corrected chi connectivity index (χ2v) is 4.45. The number of benzene rings is 2. The first-order valence-electron chi connectivity index (χ1n) is 6.16. The Labute approximate surface area is 109 Å². The van der Waals surface area contributed by atoms with Gasteiger partial charge in [0.15, 0.2) is 0 Å². The van der Waals surface area contributed by atoms with Crippen LogP contribution in [0.1, 0.15) is 23.6 Å². The zero-order valence-electron chi connectivity index (χ0n) is 10.6. The first kappa shape index (κ1) is 12.4. The molecule has 1 nitrogen and oxygen atoms in total. The Morgan fingerprint density at radius 1 is 0.944 bits per heavy atom. The molecule has 1 atom stereocenters. The average Bonchev–Trinajstić information content (AvgIpc) is 2.38. The van der Waals surface area contributed by atoms with Crippen molar-refractivity contribution >= 4 is 0 Å². The monoisotopic (exact) mass is 235 g/mol. The minimum Gasteiger partial charge on any atom is -0.328 e.